The summed E-state index contributed by atoms with van der Waals surface area (Å²) in [5, 5.41) is 3.21. The second kappa shape index (κ2) is 9.30. The minimum atomic E-state index is -0.752. The Morgan fingerprint density at radius 3 is 2.84 bits per heavy atom. The first-order valence-electron chi connectivity index (χ1n) is 10.4. The monoisotopic (exact) mass is 459 g/mol. The third kappa shape index (κ3) is 4.49. The molecule has 0 saturated carbocycles. The van der Waals surface area contributed by atoms with Gasteiger partial charge in [-0.1, -0.05) is 17.7 Å². The molecule has 32 heavy (non-hydrogen) atoms. The number of aryl methyl sites for hydroxylation is 1. The number of hydrogen-bond acceptors (Lipinski definition) is 5. The molecule has 1 N–H and O–H groups in total. The van der Waals surface area contributed by atoms with Crippen LogP contribution in [0.4, 0.5) is 4.39 Å². The Kier molecular flexibility index (Phi) is 6.48. The minimum Gasteiger partial charge on any atom is -0.481 e. The molecule has 6 nitrogen and oxygen atoms in total. The van der Waals surface area contributed by atoms with Gasteiger partial charge in [-0.2, -0.15) is 0 Å². The molecular formula is C24H23ClFNO5. The first kappa shape index (κ1) is 22.3. The molecule has 3 aromatic rings. The van der Waals surface area contributed by atoms with Gasteiger partial charge in [-0.25, -0.2) is 4.39 Å². The van der Waals surface area contributed by atoms with E-state index in [4.69, 9.17) is 25.5 Å². The van der Waals surface area contributed by atoms with Gasteiger partial charge in [-0.3, -0.25) is 9.59 Å². The van der Waals surface area contributed by atoms with Crippen LogP contribution in [0, 0.1) is 12.7 Å². The van der Waals surface area contributed by atoms with Gasteiger partial charge in [0, 0.05) is 24.8 Å². The number of rotatable bonds is 6. The first-order chi connectivity index (χ1) is 15.3. The highest BCUT2D eigenvalue weighted by atomic mass is 35.5. The fourth-order valence-corrected chi connectivity index (χ4v) is 4.06. The fraction of sp³-hybridized carbons (Fsp3) is 0.333. The molecule has 1 amide bonds. The zero-order chi connectivity index (χ0) is 22.8. The molecule has 1 fully saturated rings. The number of hydrogen-bond donors (Lipinski definition) is 1. The number of carbonyl (C=O) groups is 1. The van der Waals surface area contributed by atoms with Crippen molar-refractivity contribution in [2.24, 2.45) is 0 Å². The number of nitrogens with one attached hydrogen (secondary N) is 1. The molecular weight excluding hydrogens is 437 g/mol. The van der Waals surface area contributed by atoms with E-state index in [-0.39, 0.29) is 44.9 Å². The highest BCUT2D eigenvalue weighted by molar-refractivity contribution is 6.33. The molecule has 0 unspecified atom stereocenters. The van der Waals surface area contributed by atoms with E-state index in [0.29, 0.717) is 12.3 Å². The summed E-state index contributed by atoms with van der Waals surface area (Å²) in [7, 11) is 0. The van der Waals surface area contributed by atoms with E-state index in [9.17, 15) is 14.0 Å². The molecule has 0 bridgehead atoms. The molecule has 1 saturated heterocycles. The SMILES string of the molecule is Cc1oc2cc(O[C@@H](C)C(=O)NC[C@H]3CCCO3)ccc2c(=O)c1-c1c(F)cccc1Cl. The minimum absolute atomic E-state index is 0.0131. The maximum absolute atomic E-state index is 14.4. The van der Waals surface area contributed by atoms with Gasteiger partial charge in [-0.15, -0.1) is 0 Å². The van der Waals surface area contributed by atoms with Crippen LogP contribution in [0.5, 0.6) is 5.75 Å². The summed E-state index contributed by atoms with van der Waals surface area (Å²) in [4.78, 5) is 25.4. The lowest BCUT2D eigenvalue weighted by Crippen LogP contribution is -2.40. The quantitative estimate of drug-likeness (QED) is 0.581. The van der Waals surface area contributed by atoms with Crippen molar-refractivity contribution in [1.29, 1.82) is 0 Å². The predicted octanol–water partition coefficient (Wildman–Crippen LogP) is 4.62. The summed E-state index contributed by atoms with van der Waals surface area (Å²) in [5.74, 6) is -0.261. The van der Waals surface area contributed by atoms with Gasteiger partial charge in [-0.05, 0) is 51.0 Å². The van der Waals surface area contributed by atoms with E-state index >= 15 is 0 Å². The van der Waals surface area contributed by atoms with Crippen LogP contribution in [-0.2, 0) is 9.53 Å². The molecule has 1 aromatic heterocycles. The number of ether oxygens (including phenoxy) is 2. The molecule has 1 aliphatic rings. The van der Waals surface area contributed by atoms with Gasteiger partial charge in [0.15, 0.2) is 6.10 Å². The van der Waals surface area contributed by atoms with Gasteiger partial charge in [0.2, 0.25) is 5.43 Å². The molecule has 0 radical (unpaired) electrons. The summed E-state index contributed by atoms with van der Waals surface area (Å²) in [6.07, 6.45) is 1.22. The standard InChI is InChI=1S/C24H23ClFNO5/c1-13-21(22-18(25)6-3-7-19(22)26)23(28)17-9-8-15(11-20(17)32-13)31-14(2)24(29)27-12-16-5-4-10-30-16/h3,6-9,11,14,16H,4-5,10,12H2,1-2H3,(H,27,29)/t14-,16+/m0/s1. The van der Waals surface area contributed by atoms with Crippen LogP contribution in [0.1, 0.15) is 25.5 Å². The van der Waals surface area contributed by atoms with Crippen molar-refractivity contribution in [3.63, 3.8) is 0 Å². The van der Waals surface area contributed by atoms with E-state index in [1.807, 2.05) is 0 Å². The van der Waals surface area contributed by atoms with E-state index in [1.165, 1.54) is 24.3 Å². The average Bonchev–Trinajstić information content (AvgIpc) is 3.27. The van der Waals surface area contributed by atoms with Gasteiger partial charge in [0.1, 0.15) is 22.9 Å². The van der Waals surface area contributed by atoms with Gasteiger partial charge in [0.25, 0.3) is 5.91 Å². The Morgan fingerprint density at radius 2 is 2.12 bits per heavy atom. The van der Waals surface area contributed by atoms with Gasteiger partial charge >= 0.3 is 0 Å². The summed E-state index contributed by atoms with van der Waals surface area (Å²) in [6, 6.07) is 8.88. The summed E-state index contributed by atoms with van der Waals surface area (Å²) < 4.78 is 31.5. The van der Waals surface area contributed by atoms with Crippen LogP contribution < -0.4 is 15.5 Å². The summed E-state index contributed by atoms with van der Waals surface area (Å²) in [5.41, 5.74) is -0.0341. The Balaban J connectivity index is 1.57. The third-order valence-corrected chi connectivity index (χ3v) is 5.78. The second-order valence-corrected chi connectivity index (χ2v) is 8.16. The van der Waals surface area contributed by atoms with Crippen molar-refractivity contribution >= 4 is 28.5 Å². The molecule has 0 spiro atoms. The van der Waals surface area contributed by atoms with Crippen LogP contribution in [0.3, 0.4) is 0 Å². The number of benzene rings is 2. The van der Waals surface area contributed by atoms with Crippen LogP contribution in [0.15, 0.2) is 45.6 Å². The van der Waals surface area contributed by atoms with Crippen LogP contribution in [0.25, 0.3) is 22.1 Å². The van der Waals surface area contributed by atoms with Crippen molar-refractivity contribution < 1.29 is 23.1 Å². The van der Waals surface area contributed by atoms with Crippen LogP contribution >= 0.6 is 11.6 Å². The lowest BCUT2D eigenvalue weighted by atomic mass is 10.0. The third-order valence-electron chi connectivity index (χ3n) is 5.46. The zero-order valence-corrected chi connectivity index (χ0v) is 18.5. The molecule has 2 heterocycles. The highest BCUT2D eigenvalue weighted by Crippen LogP contribution is 2.33. The molecule has 168 valence electrons. The number of amides is 1. The van der Waals surface area contributed by atoms with Crippen molar-refractivity contribution in [2.45, 2.75) is 38.9 Å². The van der Waals surface area contributed by atoms with Crippen molar-refractivity contribution in [3.8, 4) is 16.9 Å². The topological polar surface area (TPSA) is 77.8 Å². The largest absolute Gasteiger partial charge is 0.481 e. The Hall–Kier alpha value is -2.90. The molecule has 8 heteroatoms. The molecule has 2 atom stereocenters. The maximum atomic E-state index is 14.4. The first-order valence-corrected chi connectivity index (χ1v) is 10.8. The van der Waals surface area contributed by atoms with E-state index in [0.717, 1.165) is 19.4 Å². The molecule has 0 aliphatic carbocycles. The Bertz CT molecular complexity index is 1200. The van der Waals surface area contributed by atoms with E-state index in [2.05, 4.69) is 5.32 Å². The maximum Gasteiger partial charge on any atom is 0.260 e. The predicted molar refractivity (Wildman–Crippen MR) is 120 cm³/mol. The van der Waals surface area contributed by atoms with Crippen molar-refractivity contribution in [3.05, 3.63) is 63.2 Å². The van der Waals surface area contributed by atoms with Gasteiger partial charge in [0.05, 0.1) is 22.1 Å². The average molecular weight is 460 g/mol. The number of fused-ring (bicyclic) bond motifs is 1. The normalized spacial score (nSPS) is 16.8. The molecule has 1 aliphatic heterocycles. The van der Waals surface area contributed by atoms with E-state index in [1.54, 1.807) is 26.0 Å². The fourth-order valence-electron chi connectivity index (χ4n) is 3.81. The van der Waals surface area contributed by atoms with Crippen molar-refractivity contribution in [2.75, 3.05) is 13.2 Å². The van der Waals surface area contributed by atoms with Crippen LogP contribution in [-0.4, -0.2) is 31.3 Å². The van der Waals surface area contributed by atoms with E-state index < -0.39 is 17.3 Å². The number of carbonyl (C=O) groups excluding carboxylic acids is 1. The lowest BCUT2D eigenvalue weighted by Gasteiger charge is -2.17. The molecule has 4 rings (SSSR count). The summed E-state index contributed by atoms with van der Waals surface area (Å²) >= 11 is 6.15. The second-order valence-electron chi connectivity index (χ2n) is 7.76. The number of halogens is 2. The lowest BCUT2D eigenvalue weighted by molar-refractivity contribution is -0.127. The Morgan fingerprint density at radius 1 is 1.31 bits per heavy atom. The smallest absolute Gasteiger partial charge is 0.260 e. The molecule has 2 aromatic carbocycles. The van der Waals surface area contributed by atoms with Gasteiger partial charge < -0.3 is 19.2 Å². The zero-order valence-electron chi connectivity index (χ0n) is 17.7. The van der Waals surface area contributed by atoms with Crippen LogP contribution in [0.2, 0.25) is 5.02 Å². The summed E-state index contributed by atoms with van der Waals surface area (Å²) in [6.45, 7) is 4.38. The van der Waals surface area contributed by atoms with Crippen molar-refractivity contribution in [1.82, 2.24) is 5.32 Å². The Labute approximate surface area is 189 Å². The highest BCUT2D eigenvalue weighted by Gasteiger charge is 2.22.